The van der Waals surface area contributed by atoms with Crippen LogP contribution in [-0.2, 0) is 0 Å². The van der Waals surface area contributed by atoms with E-state index in [1.165, 1.54) is 17.8 Å². The van der Waals surface area contributed by atoms with Crippen LogP contribution < -0.4 is 0 Å². The maximum absolute atomic E-state index is 10.8. The highest BCUT2D eigenvalue weighted by atomic mass is 32.2. The highest BCUT2D eigenvalue weighted by Gasteiger charge is 2.10. The molecular formula is C10H9NO2S. The second-order valence-electron chi connectivity index (χ2n) is 2.56. The summed E-state index contributed by atoms with van der Waals surface area (Å²) >= 11 is 1.46. The summed E-state index contributed by atoms with van der Waals surface area (Å²) in [6, 6.07) is 6.63. The molecule has 1 N–H and O–H groups in total. The minimum absolute atomic E-state index is 0.205. The van der Waals surface area contributed by atoms with E-state index in [0.717, 1.165) is 5.75 Å². The Balaban J connectivity index is 3.18. The van der Waals surface area contributed by atoms with E-state index in [9.17, 15) is 4.79 Å². The van der Waals surface area contributed by atoms with Crippen LogP contribution in [0.4, 0.5) is 0 Å². The molecule has 0 fully saturated rings. The number of hydrogen-bond acceptors (Lipinski definition) is 3. The first-order chi connectivity index (χ1) is 6.69. The zero-order chi connectivity index (χ0) is 10.6. The van der Waals surface area contributed by atoms with Gasteiger partial charge in [-0.15, -0.1) is 11.8 Å². The number of nitrogens with zero attached hydrogens (tertiary/aromatic N) is 1. The third-order valence-corrected chi connectivity index (χ3v) is 2.59. The van der Waals surface area contributed by atoms with Crippen LogP contribution in [0.5, 0.6) is 0 Å². The van der Waals surface area contributed by atoms with Gasteiger partial charge in [0.15, 0.2) is 0 Å². The standard InChI is InChI=1S/C10H9NO2S/c1-2-14-9-4-3-7(6-11)5-8(9)10(12)13/h3-5H,2H2,1H3,(H,12,13). The molecule has 0 bridgehead atoms. The molecule has 0 unspecified atom stereocenters. The zero-order valence-electron chi connectivity index (χ0n) is 7.65. The number of thioether (sulfide) groups is 1. The van der Waals surface area contributed by atoms with Crippen LogP contribution in [0.25, 0.3) is 0 Å². The van der Waals surface area contributed by atoms with Gasteiger partial charge in [0.2, 0.25) is 0 Å². The molecule has 0 radical (unpaired) electrons. The van der Waals surface area contributed by atoms with Gasteiger partial charge in [0.05, 0.1) is 17.2 Å². The lowest BCUT2D eigenvalue weighted by Gasteiger charge is -2.03. The van der Waals surface area contributed by atoms with Gasteiger partial charge in [-0.3, -0.25) is 0 Å². The molecule has 72 valence electrons. The van der Waals surface area contributed by atoms with E-state index in [-0.39, 0.29) is 5.56 Å². The second kappa shape index (κ2) is 4.68. The van der Waals surface area contributed by atoms with E-state index >= 15 is 0 Å². The molecule has 0 saturated carbocycles. The number of benzene rings is 1. The summed E-state index contributed by atoms with van der Waals surface area (Å²) in [5.74, 6) is -0.176. The van der Waals surface area contributed by atoms with Crippen molar-refractivity contribution < 1.29 is 9.90 Å². The van der Waals surface area contributed by atoms with E-state index in [1.54, 1.807) is 12.1 Å². The van der Waals surface area contributed by atoms with Crippen molar-refractivity contribution >= 4 is 17.7 Å². The highest BCUT2D eigenvalue weighted by molar-refractivity contribution is 7.99. The predicted molar refractivity (Wildman–Crippen MR) is 54.5 cm³/mol. The fourth-order valence-electron chi connectivity index (χ4n) is 1.05. The number of rotatable bonds is 3. The SMILES string of the molecule is CCSc1ccc(C#N)cc1C(=O)O. The maximum Gasteiger partial charge on any atom is 0.336 e. The van der Waals surface area contributed by atoms with Crippen molar-refractivity contribution in [1.82, 2.24) is 0 Å². The molecule has 1 rings (SSSR count). The van der Waals surface area contributed by atoms with E-state index < -0.39 is 5.97 Å². The van der Waals surface area contributed by atoms with Gasteiger partial charge in [-0.05, 0) is 24.0 Å². The molecule has 4 heteroatoms. The van der Waals surface area contributed by atoms with E-state index in [0.29, 0.717) is 10.5 Å². The van der Waals surface area contributed by atoms with Crippen LogP contribution in [0.3, 0.4) is 0 Å². The van der Waals surface area contributed by atoms with Gasteiger partial charge in [0.1, 0.15) is 0 Å². The van der Waals surface area contributed by atoms with Crippen molar-refractivity contribution in [3.63, 3.8) is 0 Å². The van der Waals surface area contributed by atoms with E-state index in [4.69, 9.17) is 10.4 Å². The molecule has 0 aromatic heterocycles. The molecule has 3 nitrogen and oxygen atoms in total. The number of aromatic carboxylic acids is 1. The van der Waals surface area contributed by atoms with Crippen molar-refractivity contribution in [3.05, 3.63) is 29.3 Å². The zero-order valence-corrected chi connectivity index (χ0v) is 8.47. The topological polar surface area (TPSA) is 61.1 Å². The van der Waals surface area contributed by atoms with Gasteiger partial charge in [-0.2, -0.15) is 5.26 Å². The number of carboxylic acid groups (broad SMARTS) is 1. The van der Waals surface area contributed by atoms with Gasteiger partial charge >= 0.3 is 5.97 Å². The van der Waals surface area contributed by atoms with Gasteiger partial charge in [-0.1, -0.05) is 6.92 Å². The molecule has 0 spiro atoms. The lowest BCUT2D eigenvalue weighted by Crippen LogP contribution is -1.99. The van der Waals surface area contributed by atoms with Crippen molar-refractivity contribution in [2.24, 2.45) is 0 Å². The summed E-state index contributed by atoms with van der Waals surface area (Å²) in [6.45, 7) is 1.95. The summed E-state index contributed by atoms with van der Waals surface area (Å²) in [5.41, 5.74) is 0.582. The lowest BCUT2D eigenvalue weighted by atomic mass is 10.1. The number of hydrogen-bond donors (Lipinski definition) is 1. The normalized spacial score (nSPS) is 9.43. The van der Waals surface area contributed by atoms with Crippen molar-refractivity contribution in [1.29, 1.82) is 5.26 Å². The Hall–Kier alpha value is -1.47. The average molecular weight is 207 g/mol. The smallest absolute Gasteiger partial charge is 0.336 e. The van der Waals surface area contributed by atoms with Crippen LogP contribution in [0.1, 0.15) is 22.8 Å². The van der Waals surface area contributed by atoms with Gasteiger partial charge in [0.25, 0.3) is 0 Å². The largest absolute Gasteiger partial charge is 0.478 e. The molecular weight excluding hydrogens is 198 g/mol. The minimum atomic E-state index is -0.988. The number of carbonyl (C=O) groups is 1. The van der Waals surface area contributed by atoms with Crippen molar-refractivity contribution in [2.75, 3.05) is 5.75 Å². The molecule has 14 heavy (non-hydrogen) atoms. The van der Waals surface area contributed by atoms with Crippen LogP contribution >= 0.6 is 11.8 Å². The summed E-state index contributed by atoms with van der Waals surface area (Å²) in [4.78, 5) is 11.5. The molecule has 0 saturated heterocycles. The fraction of sp³-hybridized carbons (Fsp3) is 0.200. The Bertz CT molecular complexity index is 396. The molecule has 0 amide bonds. The maximum atomic E-state index is 10.8. The monoisotopic (exact) mass is 207 g/mol. The first-order valence-corrected chi connectivity index (χ1v) is 5.07. The third kappa shape index (κ3) is 2.27. The van der Waals surface area contributed by atoms with Gasteiger partial charge in [-0.25, -0.2) is 4.79 Å². The first kappa shape index (κ1) is 10.6. The summed E-state index contributed by atoms with van der Waals surface area (Å²) < 4.78 is 0. The minimum Gasteiger partial charge on any atom is -0.478 e. The van der Waals surface area contributed by atoms with Crippen molar-refractivity contribution in [2.45, 2.75) is 11.8 Å². The summed E-state index contributed by atoms with van der Waals surface area (Å²) in [5, 5.41) is 17.5. The van der Waals surface area contributed by atoms with Gasteiger partial charge < -0.3 is 5.11 Å². The van der Waals surface area contributed by atoms with Crippen LogP contribution in [0, 0.1) is 11.3 Å². The van der Waals surface area contributed by atoms with E-state index in [2.05, 4.69) is 0 Å². The fourth-order valence-corrected chi connectivity index (χ4v) is 1.83. The molecule has 1 aromatic rings. The lowest BCUT2D eigenvalue weighted by molar-refractivity contribution is 0.0693. The first-order valence-electron chi connectivity index (χ1n) is 4.09. The molecule has 0 heterocycles. The van der Waals surface area contributed by atoms with Gasteiger partial charge in [0, 0.05) is 4.90 Å². The Morgan fingerprint density at radius 3 is 2.86 bits per heavy atom. The quantitative estimate of drug-likeness (QED) is 0.773. The van der Waals surface area contributed by atoms with E-state index in [1.807, 2.05) is 13.0 Å². The number of carboxylic acids is 1. The third-order valence-electron chi connectivity index (χ3n) is 1.64. The molecule has 0 aliphatic heterocycles. The highest BCUT2D eigenvalue weighted by Crippen LogP contribution is 2.23. The Labute approximate surface area is 86.4 Å². The summed E-state index contributed by atoms with van der Waals surface area (Å²) in [7, 11) is 0. The predicted octanol–water partition coefficient (Wildman–Crippen LogP) is 2.37. The van der Waals surface area contributed by atoms with Crippen LogP contribution in [0.2, 0.25) is 0 Å². The summed E-state index contributed by atoms with van der Waals surface area (Å²) in [6.07, 6.45) is 0. The Morgan fingerprint density at radius 2 is 2.36 bits per heavy atom. The van der Waals surface area contributed by atoms with Crippen LogP contribution in [0.15, 0.2) is 23.1 Å². The Kier molecular flexibility index (Phi) is 3.55. The second-order valence-corrected chi connectivity index (χ2v) is 3.87. The van der Waals surface area contributed by atoms with Crippen molar-refractivity contribution in [3.8, 4) is 6.07 Å². The number of nitriles is 1. The molecule has 0 aliphatic carbocycles. The average Bonchev–Trinajstić information content (AvgIpc) is 2.18. The molecule has 1 aromatic carbocycles. The Morgan fingerprint density at radius 1 is 1.64 bits per heavy atom. The van der Waals surface area contributed by atoms with Crippen LogP contribution in [-0.4, -0.2) is 16.8 Å². The molecule has 0 atom stereocenters. The molecule has 0 aliphatic rings.